The molecule has 1 heterocycles. The summed E-state index contributed by atoms with van der Waals surface area (Å²) in [6.07, 6.45) is 3.22. The average molecular weight is 340 g/mol. The molecule has 0 saturated carbocycles. The number of halogens is 1. The van der Waals surface area contributed by atoms with Crippen molar-refractivity contribution >= 4 is 21.6 Å². The normalized spacial score (nSPS) is 20.7. The molecule has 1 fully saturated rings. The van der Waals surface area contributed by atoms with Crippen molar-refractivity contribution in [2.24, 2.45) is 5.73 Å². The smallest absolute Gasteiger partial charge is 0.0411 e. The van der Waals surface area contributed by atoms with Crippen LogP contribution in [0.2, 0.25) is 0 Å². The fraction of sp³-hybridized carbons (Fsp3) is 0.625. The van der Waals surface area contributed by atoms with Gasteiger partial charge in [-0.1, -0.05) is 28.9 Å². The molecule has 0 aromatic heterocycles. The van der Waals surface area contributed by atoms with E-state index >= 15 is 0 Å². The molecule has 1 aromatic carbocycles. The van der Waals surface area contributed by atoms with Crippen molar-refractivity contribution < 1.29 is 0 Å². The highest BCUT2D eigenvalue weighted by atomic mass is 79.9. The van der Waals surface area contributed by atoms with E-state index < -0.39 is 0 Å². The second kappa shape index (κ2) is 6.92. The van der Waals surface area contributed by atoms with Crippen LogP contribution in [-0.4, -0.2) is 44.2 Å². The lowest BCUT2D eigenvalue weighted by Crippen LogP contribution is -2.32. The standard InChI is InChI=1S/C16H26BrN3/c1-4-14(18)9-12-5-6-13(17)10-16(12)20-8-7-15(11-20)19(2)3/h5-6,10,14-15H,4,7-9,11,18H2,1-3H3. The van der Waals surface area contributed by atoms with E-state index in [0.29, 0.717) is 6.04 Å². The first kappa shape index (κ1) is 15.8. The molecule has 4 heteroatoms. The van der Waals surface area contributed by atoms with Gasteiger partial charge in [-0.25, -0.2) is 0 Å². The van der Waals surface area contributed by atoms with E-state index in [9.17, 15) is 0 Å². The van der Waals surface area contributed by atoms with Gasteiger partial charge in [0.05, 0.1) is 0 Å². The zero-order chi connectivity index (χ0) is 14.7. The number of benzene rings is 1. The second-order valence-corrected chi connectivity index (χ2v) is 6.91. The van der Waals surface area contributed by atoms with Crippen molar-refractivity contribution in [3.05, 3.63) is 28.2 Å². The van der Waals surface area contributed by atoms with E-state index in [1.54, 1.807) is 0 Å². The minimum absolute atomic E-state index is 0.252. The Hall–Kier alpha value is -0.580. The third-order valence-electron chi connectivity index (χ3n) is 4.29. The number of nitrogens with zero attached hydrogens (tertiary/aromatic N) is 2. The molecule has 1 aliphatic rings. The Morgan fingerprint density at radius 1 is 1.45 bits per heavy atom. The molecule has 1 saturated heterocycles. The first-order chi connectivity index (χ1) is 9.51. The Kier molecular flexibility index (Phi) is 5.47. The summed E-state index contributed by atoms with van der Waals surface area (Å²) in [5, 5.41) is 0. The summed E-state index contributed by atoms with van der Waals surface area (Å²) in [6, 6.07) is 7.50. The van der Waals surface area contributed by atoms with Crippen LogP contribution < -0.4 is 10.6 Å². The monoisotopic (exact) mass is 339 g/mol. The minimum atomic E-state index is 0.252. The SMILES string of the molecule is CCC(N)Cc1ccc(Br)cc1N1CCC(N(C)C)C1. The van der Waals surface area contributed by atoms with E-state index in [4.69, 9.17) is 5.73 Å². The van der Waals surface area contributed by atoms with Gasteiger partial charge in [-0.3, -0.25) is 0 Å². The number of hydrogen-bond donors (Lipinski definition) is 1. The van der Waals surface area contributed by atoms with Gasteiger partial charge >= 0.3 is 0 Å². The Morgan fingerprint density at radius 3 is 2.80 bits per heavy atom. The van der Waals surface area contributed by atoms with Crippen LogP contribution in [0.3, 0.4) is 0 Å². The zero-order valence-corrected chi connectivity index (χ0v) is 14.4. The molecule has 2 atom stereocenters. The van der Waals surface area contributed by atoms with E-state index in [-0.39, 0.29) is 6.04 Å². The van der Waals surface area contributed by atoms with E-state index in [2.05, 4.69) is 64.9 Å². The van der Waals surface area contributed by atoms with Crippen molar-refractivity contribution in [2.45, 2.75) is 38.3 Å². The highest BCUT2D eigenvalue weighted by molar-refractivity contribution is 9.10. The maximum absolute atomic E-state index is 6.15. The summed E-state index contributed by atoms with van der Waals surface area (Å²) in [5.74, 6) is 0. The molecule has 0 amide bonds. The third kappa shape index (κ3) is 3.74. The average Bonchev–Trinajstić information content (AvgIpc) is 2.90. The maximum atomic E-state index is 6.15. The third-order valence-corrected chi connectivity index (χ3v) is 4.78. The molecule has 1 aliphatic heterocycles. The van der Waals surface area contributed by atoms with Gasteiger partial charge < -0.3 is 15.5 Å². The molecule has 2 rings (SSSR count). The van der Waals surface area contributed by atoms with Gasteiger partial charge in [0.1, 0.15) is 0 Å². The molecule has 0 bridgehead atoms. The predicted octanol–water partition coefficient (Wildman–Crippen LogP) is 2.87. The molecule has 0 aliphatic carbocycles. The molecule has 20 heavy (non-hydrogen) atoms. The number of rotatable bonds is 5. The zero-order valence-electron chi connectivity index (χ0n) is 12.8. The van der Waals surface area contributed by atoms with Crippen LogP contribution in [-0.2, 0) is 6.42 Å². The van der Waals surface area contributed by atoms with Crippen molar-refractivity contribution in [1.29, 1.82) is 0 Å². The van der Waals surface area contributed by atoms with E-state index in [1.165, 1.54) is 17.7 Å². The van der Waals surface area contributed by atoms with E-state index in [0.717, 1.165) is 30.4 Å². The fourth-order valence-electron chi connectivity index (χ4n) is 2.81. The van der Waals surface area contributed by atoms with Crippen molar-refractivity contribution in [1.82, 2.24) is 4.90 Å². The molecule has 2 unspecified atom stereocenters. The lowest BCUT2D eigenvalue weighted by molar-refractivity contribution is 0.315. The molecular formula is C16H26BrN3. The summed E-state index contributed by atoms with van der Waals surface area (Å²) in [7, 11) is 4.34. The number of likely N-dealkylation sites (N-methyl/N-ethyl adjacent to an activating group) is 1. The quantitative estimate of drug-likeness (QED) is 0.895. The van der Waals surface area contributed by atoms with E-state index in [1.807, 2.05) is 0 Å². The topological polar surface area (TPSA) is 32.5 Å². The summed E-state index contributed by atoms with van der Waals surface area (Å²) in [4.78, 5) is 4.84. The molecule has 0 spiro atoms. The highest BCUT2D eigenvalue weighted by Crippen LogP contribution is 2.30. The van der Waals surface area contributed by atoms with Crippen molar-refractivity contribution in [3.8, 4) is 0 Å². The summed E-state index contributed by atoms with van der Waals surface area (Å²) in [5.41, 5.74) is 8.88. The van der Waals surface area contributed by atoms with Gasteiger partial charge in [-0.15, -0.1) is 0 Å². The predicted molar refractivity (Wildman–Crippen MR) is 90.4 cm³/mol. The van der Waals surface area contributed by atoms with Crippen LogP contribution in [0.25, 0.3) is 0 Å². The van der Waals surface area contributed by atoms with Crippen LogP contribution in [0.15, 0.2) is 22.7 Å². The van der Waals surface area contributed by atoms with Crippen molar-refractivity contribution in [2.75, 3.05) is 32.1 Å². The molecule has 2 N–H and O–H groups in total. The van der Waals surface area contributed by atoms with Crippen LogP contribution in [0, 0.1) is 0 Å². The molecular weight excluding hydrogens is 314 g/mol. The molecule has 112 valence electrons. The summed E-state index contributed by atoms with van der Waals surface area (Å²) < 4.78 is 1.15. The molecule has 1 aromatic rings. The van der Waals surface area contributed by atoms with Gasteiger partial charge in [0, 0.05) is 35.3 Å². The fourth-order valence-corrected chi connectivity index (χ4v) is 3.16. The van der Waals surface area contributed by atoms with Crippen LogP contribution in [0.5, 0.6) is 0 Å². The summed E-state index contributed by atoms with van der Waals surface area (Å²) in [6.45, 7) is 4.40. The first-order valence-corrected chi connectivity index (χ1v) is 8.26. The van der Waals surface area contributed by atoms with Gasteiger partial charge in [0.15, 0.2) is 0 Å². The second-order valence-electron chi connectivity index (χ2n) is 6.00. The van der Waals surface area contributed by atoms with Crippen LogP contribution >= 0.6 is 15.9 Å². The van der Waals surface area contributed by atoms with Gasteiger partial charge in [-0.2, -0.15) is 0 Å². The Labute approximate surface area is 131 Å². The Bertz CT molecular complexity index is 447. The Morgan fingerprint density at radius 2 is 2.20 bits per heavy atom. The van der Waals surface area contributed by atoms with Gasteiger partial charge in [0.2, 0.25) is 0 Å². The molecule has 0 radical (unpaired) electrons. The largest absolute Gasteiger partial charge is 0.370 e. The first-order valence-electron chi connectivity index (χ1n) is 7.46. The minimum Gasteiger partial charge on any atom is -0.370 e. The Balaban J connectivity index is 2.19. The lowest BCUT2D eigenvalue weighted by Gasteiger charge is -2.25. The lowest BCUT2D eigenvalue weighted by atomic mass is 10.0. The van der Waals surface area contributed by atoms with Gasteiger partial charge in [-0.05, 0) is 51.1 Å². The summed E-state index contributed by atoms with van der Waals surface area (Å²) >= 11 is 3.60. The maximum Gasteiger partial charge on any atom is 0.0411 e. The van der Waals surface area contributed by atoms with Crippen LogP contribution in [0.1, 0.15) is 25.3 Å². The highest BCUT2D eigenvalue weighted by Gasteiger charge is 2.25. The van der Waals surface area contributed by atoms with Crippen molar-refractivity contribution in [3.63, 3.8) is 0 Å². The molecule has 3 nitrogen and oxygen atoms in total. The van der Waals surface area contributed by atoms with Crippen LogP contribution in [0.4, 0.5) is 5.69 Å². The number of nitrogens with two attached hydrogens (primary N) is 1. The number of anilines is 1. The van der Waals surface area contributed by atoms with Gasteiger partial charge in [0.25, 0.3) is 0 Å². The number of hydrogen-bond acceptors (Lipinski definition) is 3.